The molecule has 3 aromatic rings. The predicted octanol–water partition coefficient (Wildman–Crippen LogP) is 3.85. The van der Waals surface area contributed by atoms with Gasteiger partial charge in [0.25, 0.3) is 5.91 Å². The summed E-state index contributed by atoms with van der Waals surface area (Å²) < 4.78 is 38.3. The van der Waals surface area contributed by atoms with Crippen LogP contribution in [0.25, 0.3) is 0 Å². The molecule has 1 amide bonds. The van der Waals surface area contributed by atoms with Gasteiger partial charge >= 0.3 is 12.1 Å². The minimum atomic E-state index is -5.31. The van der Waals surface area contributed by atoms with E-state index in [2.05, 4.69) is 14.8 Å². The molecule has 2 heterocycles. The van der Waals surface area contributed by atoms with Crippen LogP contribution in [0, 0.1) is 0 Å². The summed E-state index contributed by atoms with van der Waals surface area (Å²) in [6.07, 6.45) is -2.40. The molecule has 166 valence electrons. The molecule has 0 aliphatic carbocycles. The molecule has 1 aromatic carbocycles. The normalized spacial score (nSPS) is 11.2. The van der Waals surface area contributed by atoms with Crippen molar-refractivity contribution < 1.29 is 27.6 Å². The molecular formula is C21H16ClF3N4O3. The number of pyridine rings is 2. The molecular weight excluding hydrogens is 449 g/mol. The number of nitrogens with two attached hydrogens (primary N) is 1. The van der Waals surface area contributed by atoms with Crippen LogP contribution < -0.4 is 10.8 Å². The zero-order valence-corrected chi connectivity index (χ0v) is 17.1. The monoisotopic (exact) mass is 464 g/mol. The fourth-order valence-corrected chi connectivity index (χ4v) is 2.85. The minimum absolute atomic E-state index is 0.108. The molecule has 7 nitrogen and oxygen atoms in total. The lowest BCUT2D eigenvalue weighted by Gasteiger charge is -2.21. The molecule has 0 fully saturated rings. The van der Waals surface area contributed by atoms with Crippen LogP contribution >= 0.6 is 11.6 Å². The second-order valence-corrected chi connectivity index (χ2v) is 6.99. The van der Waals surface area contributed by atoms with Gasteiger partial charge in [-0.1, -0.05) is 29.8 Å². The van der Waals surface area contributed by atoms with Crippen molar-refractivity contribution in [2.75, 3.05) is 5.06 Å². The molecule has 0 atom stereocenters. The molecule has 3 rings (SSSR count). The molecule has 2 N–H and O–H groups in total. The second kappa shape index (κ2) is 9.75. The van der Waals surface area contributed by atoms with Crippen LogP contribution in [0.15, 0.2) is 60.9 Å². The van der Waals surface area contributed by atoms with Crippen molar-refractivity contribution in [1.82, 2.24) is 9.97 Å². The van der Waals surface area contributed by atoms with Gasteiger partial charge in [-0.15, -0.1) is 5.06 Å². The lowest BCUT2D eigenvalue weighted by atomic mass is 10.1. The molecule has 0 saturated carbocycles. The lowest BCUT2D eigenvalue weighted by Crippen LogP contribution is -2.39. The summed E-state index contributed by atoms with van der Waals surface area (Å²) in [5.74, 6) is -3.94. The number of carbonyl (C=O) groups excluding carboxylic acids is 2. The van der Waals surface area contributed by atoms with Crippen LogP contribution in [0.4, 0.5) is 19.0 Å². The Labute approximate surface area is 185 Å². The zero-order valence-electron chi connectivity index (χ0n) is 16.3. The number of carbonyl (C=O) groups is 2. The van der Waals surface area contributed by atoms with E-state index in [1.807, 2.05) is 6.07 Å². The smallest absolute Gasteiger partial charge is 0.325 e. The fraction of sp³-hybridized carbons (Fsp3) is 0.143. The van der Waals surface area contributed by atoms with E-state index in [1.165, 1.54) is 24.4 Å². The standard InChI is InChI=1S/C21H16ClF3N4O3/c22-16-3-1-2-13(9-16)8-14-4-7-18(28-11-14)29(32-20(31)21(23,24)25)19(30)15-5-6-17(10-26)27-12-15/h1-7,9,11-12H,8,10,26H2. The van der Waals surface area contributed by atoms with Crippen molar-refractivity contribution in [2.24, 2.45) is 5.73 Å². The fourth-order valence-electron chi connectivity index (χ4n) is 2.64. The maximum absolute atomic E-state index is 12.8. The third-order valence-corrected chi connectivity index (χ3v) is 4.42. The molecule has 0 spiro atoms. The summed E-state index contributed by atoms with van der Waals surface area (Å²) in [5.41, 5.74) is 7.37. The Hall–Kier alpha value is -3.50. The van der Waals surface area contributed by atoms with E-state index in [0.29, 0.717) is 22.7 Å². The molecule has 0 saturated heterocycles. The predicted molar refractivity (Wildman–Crippen MR) is 110 cm³/mol. The van der Waals surface area contributed by atoms with Gasteiger partial charge in [0.2, 0.25) is 0 Å². The number of nitrogens with zero attached hydrogens (tertiary/aromatic N) is 3. The molecule has 0 unspecified atom stereocenters. The number of alkyl halides is 3. The summed E-state index contributed by atoms with van der Waals surface area (Å²) >= 11 is 5.96. The quantitative estimate of drug-likeness (QED) is 0.576. The number of aromatic nitrogens is 2. The average molecular weight is 465 g/mol. The van der Waals surface area contributed by atoms with Crippen LogP contribution in [-0.2, 0) is 22.6 Å². The largest absolute Gasteiger partial charge is 0.493 e. The van der Waals surface area contributed by atoms with E-state index in [9.17, 15) is 22.8 Å². The molecule has 0 aliphatic rings. The Morgan fingerprint density at radius 3 is 2.38 bits per heavy atom. The summed E-state index contributed by atoms with van der Waals surface area (Å²) in [5, 5.41) is 0.732. The summed E-state index contributed by atoms with van der Waals surface area (Å²) in [6, 6.07) is 12.6. The molecule has 32 heavy (non-hydrogen) atoms. The van der Waals surface area contributed by atoms with Crippen molar-refractivity contribution >= 4 is 29.3 Å². The van der Waals surface area contributed by atoms with Crippen LogP contribution in [0.2, 0.25) is 5.02 Å². The highest BCUT2D eigenvalue weighted by Crippen LogP contribution is 2.23. The number of hydrogen-bond acceptors (Lipinski definition) is 6. The Bertz CT molecular complexity index is 1110. The van der Waals surface area contributed by atoms with E-state index in [0.717, 1.165) is 11.8 Å². The Balaban J connectivity index is 1.88. The molecule has 0 radical (unpaired) electrons. The van der Waals surface area contributed by atoms with E-state index in [4.69, 9.17) is 17.3 Å². The molecule has 11 heteroatoms. The van der Waals surface area contributed by atoms with Gasteiger partial charge in [0.1, 0.15) is 0 Å². The summed E-state index contributed by atoms with van der Waals surface area (Å²) in [6.45, 7) is 0.108. The topological polar surface area (TPSA) is 98.4 Å². The highest BCUT2D eigenvalue weighted by atomic mass is 35.5. The van der Waals surface area contributed by atoms with E-state index >= 15 is 0 Å². The van der Waals surface area contributed by atoms with Crippen molar-refractivity contribution in [3.05, 3.63) is 88.3 Å². The van der Waals surface area contributed by atoms with Gasteiger partial charge in [0.05, 0.1) is 11.3 Å². The first kappa shape index (κ1) is 23.2. The number of anilines is 1. The molecule has 2 aromatic heterocycles. The van der Waals surface area contributed by atoms with E-state index < -0.39 is 18.1 Å². The van der Waals surface area contributed by atoms with Gasteiger partial charge in [0, 0.05) is 24.0 Å². The Morgan fingerprint density at radius 1 is 1.03 bits per heavy atom. The number of hydroxylamine groups is 1. The van der Waals surface area contributed by atoms with Crippen LogP contribution in [0.5, 0.6) is 0 Å². The SMILES string of the molecule is NCc1ccc(C(=O)N(OC(=O)C(F)(F)F)c2ccc(Cc3cccc(Cl)c3)cn2)cn1. The Kier molecular flexibility index (Phi) is 7.06. The third-order valence-electron chi connectivity index (χ3n) is 4.19. The number of benzene rings is 1. The first-order chi connectivity index (χ1) is 15.2. The van der Waals surface area contributed by atoms with Crippen molar-refractivity contribution in [3.63, 3.8) is 0 Å². The number of rotatable bonds is 5. The van der Waals surface area contributed by atoms with Gasteiger partial charge in [-0.25, -0.2) is 9.78 Å². The van der Waals surface area contributed by atoms with Gasteiger partial charge in [-0.05, 0) is 47.9 Å². The van der Waals surface area contributed by atoms with Gasteiger partial charge in [-0.3, -0.25) is 9.78 Å². The van der Waals surface area contributed by atoms with Crippen molar-refractivity contribution in [2.45, 2.75) is 19.1 Å². The van der Waals surface area contributed by atoms with Gasteiger partial charge in [-0.2, -0.15) is 13.2 Å². The maximum Gasteiger partial charge on any atom is 0.493 e. The van der Waals surface area contributed by atoms with Gasteiger partial charge in [0.15, 0.2) is 5.82 Å². The summed E-state index contributed by atoms with van der Waals surface area (Å²) in [7, 11) is 0. The Morgan fingerprint density at radius 2 is 1.81 bits per heavy atom. The second-order valence-electron chi connectivity index (χ2n) is 6.55. The van der Waals surface area contributed by atoms with Crippen LogP contribution in [-0.4, -0.2) is 28.0 Å². The van der Waals surface area contributed by atoms with Crippen LogP contribution in [0.3, 0.4) is 0 Å². The third kappa shape index (κ3) is 5.80. The minimum Gasteiger partial charge on any atom is -0.325 e. The number of amides is 1. The first-order valence-electron chi connectivity index (χ1n) is 9.15. The lowest BCUT2D eigenvalue weighted by molar-refractivity contribution is -0.200. The van der Waals surface area contributed by atoms with Crippen molar-refractivity contribution in [1.29, 1.82) is 0 Å². The maximum atomic E-state index is 12.8. The molecule has 0 aliphatic heterocycles. The number of hydrogen-bond donors (Lipinski definition) is 1. The molecule has 0 bridgehead atoms. The first-order valence-corrected chi connectivity index (χ1v) is 9.53. The summed E-state index contributed by atoms with van der Waals surface area (Å²) in [4.78, 5) is 36.4. The van der Waals surface area contributed by atoms with Crippen molar-refractivity contribution in [3.8, 4) is 0 Å². The highest BCUT2D eigenvalue weighted by Gasteiger charge is 2.44. The zero-order chi connectivity index (χ0) is 23.3. The van der Waals surface area contributed by atoms with Gasteiger partial charge < -0.3 is 10.6 Å². The van der Waals surface area contributed by atoms with Crippen LogP contribution in [0.1, 0.15) is 27.2 Å². The average Bonchev–Trinajstić information content (AvgIpc) is 2.77. The highest BCUT2D eigenvalue weighted by molar-refractivity contribution is 6.30. The van der Waals surface area contributed by atoms with E-state index in [-0.39, 0.29) is 23.0 Å². The van der Waals surface area contributed by atoms with E-state index in [1.54, 1.807) is 24.3 Å². The number of halogens is 4.